The van der Waals surface area contributed by atoms with Gasteiger partial charge in [-0.1, -0.05) is 31.3 Å². The fourth-order valence-corrected chi connectivity index (χ4v) is 2.75. The van der Waals surface area contributed by atoms with E-state index >= 15 is 0 Å². The Hall–Kier alpha value is 0.110. The molecule has 1 aliphatic carbocycles. The Kier molecular flexibility index (Phi) is 3.07. The smallest absolute Gasteiger partial charge is 0.0243 e. The molecule has 0 spiro atoms. The van der Waals surface area contributed by atoms with E-state index in [2.05, 4.69) is 6.92 Å². The first kappa shape index (κ1) is 9.20. The molecule has 11 heavy (non-hydrogen) atoms. The molecule has 4 atom stereocenters. The SMILES string of the molecule is CC1CCC(C)C(S(=O)[O-])C1. The van der Waals surface area contributed by atoms with Crippen LogP contribution in [0.25, 0.3) is 0 Å². The molecule has 1 fully saturated rings. The Morgan fingerprint density at radius 2 is 2.00 bits per heavy atom. The maximum absolute atomic E-state index is 10.7. The van der Waals surface area contributed by atoms with Gasteiger partial charge in [-0.25, -0.2) is 0 Å². The molecule has 3 heteroatoms. The molecule has 0 heterocycles. The van der Waals surface area contributed by atoms with Crippen molar-refractivity contribution in [2.45, 2.75) is 38.4 Å². The zero-order valence-corrected chi connectivity index (χ0v) is 7.89. The maximum atomic E-state index is 10.7. The Labute approximate surface area is 70.7 Å². The van der Waals surface area contributed by atoms with E-state index in [1.807, 2.05) is 6.92 Å². The van der Waals surface area contributed by atoms with E-state index in [0.29, 0.717) is 11.8 Å². The van der Waals surface area contributed by atoms with Gasteiger partial charge in [0.05, 0.1) is 0 Å². The molecule has 0 bridgehead atoms. The molecule has 2 nitrogen and oxygen atoms in total. The van der Waals surface area contributed by atoms with Crippen molar-refractivity contribution in [3.05, 3.63) is 0 Å². The van der Waals surface area contributed by atoms with Crippen LogP contribution < -0.4 is 0 Å². The summed E-state index contributed by atoms with van der Waals surface area (Å²) >= 11 is -1.85. The predicted molar refractivity (Wildman–Crippen MR) is 44.9 cm³/mol. The largest absolute Gasteiger partial charge is 0.772 e. The molecule has 0 saturated heterocycles. The van der Waals surface area contributed by atoms with Gasteiger partial charge in [0.2, 0.25) is 0 Å². The third-order valence-corrected chi connectivity index (χ3v) is 3.78. The van der Waals surface area contributed by atoms with Crippen molar-refractivity contribution < 1.29 is 8.76 Å². The van der Waals surface area contributed by atoms with Gasteiger partial charge in [0.1, 0.15) is 0 Å². The van der Waals surface area contributed by atoms with Crippen molar-refractivity contribution in [1.82, 2.24) is 0 Å². The fourth-order valence-electron chi connectivity index (χ4n) is 1.75. The average Bonchev–Trinajstić information content (AvgIpc) is 1.94. The lowest BCUT2D eigenvalue weighted by molar-refractivity contribution is 0.304. The van der Waals surface area contributed by atoms with Gasteiger partial charge >= 0.3 is 0 Å². The summed E-state index contributed by atoms with van der Waals surface area (Å²) in [6.45, 7) is 4.16. The fraction of sp³-hybridized carbons (Fsp3) is 1.00. The second kappa shape index (κ2) is 3.68. The van der Waals surface area contributed by atoms with Crippen molar-refractivity contribution in [3.8, 4) is 0 Å². The minimum absolute atomic E-state index is 0.0845. The quantitative estimate of drug-likeness (QED) is 0.569. The van der Waals surface area contributed by atoms with E-state index in [1.165, 1.54) is 6.42 Å². The maximum Gasteiger partial charge on any atom is 0.0243 e. The van der Waals surface area contributed by atoms with E-state index in [-0.39, 0.29) is 5.25 Å². The molecular formula is C8H15O2S-. The Balaban J connectivity index is 2.54. The van der Waals surface area contributed by atoms with E-state index in [1.54, 1.807) is 0 Å². The second-order valence-corrected chi connectivity index (χ2v) is 4.82. The van der Waals surface area contributed by atoms with E-state index < -0.39 is 11.1 Å². The van der Waals surface area contributed by atoms with Gasteiger partial charge < -0.3 is 4.55 Å². The molecule has 0 radical (unpaired) electrons. The molecule has 0 aromatic carbocycles. The van der Waals surface area contributed by atoms with Crippen LogP contribution in [-0.4, -0.2) is 14.0 Å². The lowest BCUT2D eigenvalue weighted by atomic mass is 9.84. The van der Waals surface area contributed by atoms with E-state index in [0.717, 1.165) is 12.8 Å². The van der Waals surface area contributed by atoms with Gasteiger partial charge in [-0.3, -0.25) is 4.21 Å². The minimum Gasteiger partial charge on any atom is -0.772 e. The van der Waals surface area contributed by atoms with Crippen molar-refractivity contribution in [2.75, 3.05) is 0 Å². The van der Waals surface area contributed by atoms with Crippen molar-refractivity contribution in [2.24, 2.45) is 11.8 Å². The number of hydrogen-bond donors (Lipinski definition) is 0. The molecule has 0 amide bonds. The summed E-state index contributed by atoms with van der Waals surface area (Å²) in [7, 11) is 0. The summed E-state index contributed by atoms with van der Waals surface area (Å²) in [5.41, 5.74) is 0. The van der Waals surface area contributed by atoms with Crippen LogP contribution in [-0.2, 0) is 11.1 Å². The number of rotatable bonds is 1. The normalized spacial score (nSPS) is 41.9. The predicted octanol–water partition coefficient (Wildman–Crippen LogP) is 1.69. The second-order valence-electron chi connectivity index (χ2n) is 3.69. The van der Waals surface area contributed by atoms with E-state index in [4.69, 9.17) is 0 Å². The van der Waals surface area contributed by atoms with Gasteiger partial charge in [-0.15, -0.1) is 0 Å². The molecule has 0 aromatic rings. The Bertz CT molecular complexity index is 158. The summed E-state index contributed by atoms with van der Waals surface area (Å²) < 4.78 is 21.4. The highest BCUT2D eigenvalue weighted by Crippen LogP contribution is 2.30. The van der Waals surface area contributed by atoms with Crippen LogP contribution in [0.2, 0.25) is 0 Å². The third kappa shape index (κ3) is 2.27. The van der Waals surface area contributed by atoms with Crippen LogP contribution in [0.5, 0.6) is 0 Å². The summed E-state index contributed by atoms with van der Waals surface area (Å²) in [6, 6.07) is 0. The highest BCUT2D eigenvalue weighted by molar-refractivity contribution is 7.79. The molecule has 1 aliphatic rings. The van der Waals surface area contributed by atoms with Crippen LogP contribution in [0.15, 0.2) is 0 Å². The molecule has 0 aromatic heterocycles. The van der Waals surface area contributed by atoms with Crippen LogP contribution >= 0.6 is 0 Å². The van der Waals surface area contributed by atoms with Crippen LogP contribution in [0.3, 0.4) is 0 Å². The molecular weight excluding hydrogens is 160 g/mol. The average molecular weight is 175 g/mol. The monoisotopic (exact) mass is 175 g/mol. The highest BCUT2D eigenvalue weighted by atomic mass is 32.2. The number of hydrogen-bond acceptors (Lipinski definition) is 2. The van der Waals surface area contributed by atoms with Gasteiger partial charge in [0.25, 0.3) is 0 Å². The van der Waals surface area contributed by atoms with Crippen molar-refractivity contribution in [3.63, 3.8) is 0 Å². The molecule has 1 saturated carbocycles. The summed E-state index contributed by atoms with van der Waals surface area (Å²) in [5, 5.41) is -0.0845. The van der Waals surface area contributed by atoms with Crippen LogP contribution in [0.1, 0.15) is 33.1 Å². The van der Waals surface area contributed by atoms with Crippen LogP contribution in [0.4, 0.5) is 0 Å². The molecule has 66 valence electrons. The zero-order chi connectivity index (χ0) is 8.43. The van der Waals surface area contributed by atoms with Gasteiger partial charge in [0, 0.05) is 5.25 Å². The summed E-state index contributed by atoms with van der Waals surface area (Å²) in [4.78, 5) is 0. The van der Waals surface area contributed by atoms with Gasteiger partial charge in [-0.05, 0) is 24.7 Å². The van der Waals surface area contributed by atoms with Gasteiger partial charge in [-0.2, -0.15) is 0 Å². The zero-order valence-electron chi connectivity index (χ0n) is 7.08. The Morgan fingerprint density at radius 3 is 2.45 bits per heavy atom. The first-order valence-electron chi connectivity index (χ1n) is 4.19. The molecule has 4 unspecified atom stereocenters. The van der Waals surface area contributed by atoms with Crippen molar-refractivity contribution in [1.29, 1.82) is 0 Å². The van der Waals surface area contributed by atoms with Gasteiger partial charge in [0.15, 0.2) is 0 Å². The molecule has 1 rings (SSSR count). The highest BCUT2D eigenvalue weighted by Gasteiger charge is 2.25. The van der Waals surface area contributed by atoms with Crippen molar-refractivity contribution >= 4 is 11.1 Å². The molecule has 0 aliphatic heterocycles. The first-order valence-corrected chi connectivity index (χ1v) is 5.33. The van der Waals surface area contributed by atoms with E-state index in [9.17, 15) is 8.76 Å². The summed E-state index contributed by atoms with van der Waals surface area (Å²) in [5.74, 6) is 0.957. The standard InChI is InChI=1S/C8H16O2S/c1-6-3-4-7(2)8(5-6)11(9)10/h6-8H,3-5H2,1-2H3,(H,9,10)/p-1. The Morgan fingerprint density at radius 1 is 1.36 bits per heavy atom. The molecule has 0 N–H and O–H groups in total. The summed E-state index contributed by atoms with van der Waals surface area (Å²) in [6.07, 6.45) is 3.12. The lowest BCUT2D eigenvalue weighted by Crippen LogP contribution is -2.30. The third-order valence-electron chi connectivity index (χ3n) is 2.63. The first-order chi connectivity index (χ1) is 5.11. The lowest BCUT2D eigenvalue weighted by Gasteiger charge is -2.33. The van der Waals surface area contributed by atoms with Crippen LogP contribution in [0, 0.1) is 11.8 Å². The topological polar surface area (TPSA) is 40.1 Å². The minimum atomic E-state index is -1.85.